The highest BCUT2D eigenvalue weighted by Crippen LogP contribution is 2.18. The first-order valence-corrected chi connectivity index (χ1v) is 2.53. The fraction of sp³-hybridized carbons (Fsp3) is 0. The molecule has 1 amide bonds. The number of rotatable bonds is 0. The predicted molar refractivity (Wildman–Crippen MR) is 27.7 cm³/mol. The minimum atomic E-state index is -1.02. The topological polar surface area (TPSA) is 49.8 Å². The van der Waals surface area contributed by atoms with Crippen LogP contribution < -0.4 is 0 Å². The van der Waals surface area contributed by atoms with Crippen molar-refractivity contribution in [2.75, 3.05) is 0 Å². The quantitative estimate of drug-likeness (QED) is 0.396. The molecule has 8 heavy (non-hydrogen) atoms. The molecule has 0 fully saturated rings. The monoisotopic (exact) mass is 133 g/mol. The second-order valence-electron chi connectivity index (χ2n) is 1.06. The minimum absolute atomic E-state index is 0.773. The lowest BCUT2D eigenvalue weighted by Crippen LogP contribution is -2.11. The zero-order chi connectivity index (χ0) is 5.98. The largest absolute Gasteiger partial charge is 0.464 e. The van der Waals surface area contributed by atoms with E-state index in [1.165, 1.54) is 12.5 Å². The van der Waals surface area contributed by atoms with Gasteiger partial charge in [0, 0.05) is 0 Å². The van der Waals surface area contributed by atoms with E-state index in [0.29, 0.717) is 0 Å². The van der Waals surface area contributed by atoms with Gasteiger partial charge in [0.2, 0.25) is 0 Å². The van der Waals surface area contributed by atoms with Crippen LogP contribution in [0, 0.1) is 0 Å². The van der Waals surface area contributed by atoms with Gasteiger partial charge in [-0.15, -0.1) is 0 Å². The third kappa shape index (κ3) is 0.865. The van der Waals surface area contributed by atoms with E-state index < -0.39 is 6.09 Å². The van der Waals surface area contributed by atoms with Gasteiger partial charge in [-0.1, -0.05) is 0 Å². The summed E-state index contributed by atoms with van der Waals surface area (Å²) in [5.74, 6) is 0. The van der Waals surface area contributed by atoms with E-state index in [1.54, 1.807) is 0 Å². The molecule has 0 aromatic carbocycles. The normalized spacial score (nSPS) is 16.2. The van der Waals surface area contributed by atoms with Gasteiger partial charge in [-0.2, -0.15) is 4.31 Å². The Morgan fingerprint density at radius 2 is 2.62 bits per heavy atom. The van der Waals surface area contributed by atoms with E-state index in [4.69, 9.17) is 5.11 Å². The molecule has 0 atom stereocenters. The molecule has 5 heteroatoms. The second kappa shape index (κ2) is 1.95. The standard InChI is InChI=1S/C3H3NO3S/c5-3(6)4-1-2-7-8-4/h1-2H,(H,5,6). The van der Waals surface area contributed by atoms with Crippen LogP contribution in [-0.2, 0) is 4.18 Å². The molecule has 0 aliphatic carbocycles. The van der Waals surface area contributed by atoms with Crippen molar-refractivity contribution in [3.05, 3.63) is 12.5 Å². The lowest BCUT2D eigenvalue weighted by atomic mass is 10.9. The molecule has 1 N–H and O–H groups in total. The summed E-state index contributed by atoms with van der Waals surface area (Å²) in [5, 5.41) is 8.19. The fourth-order valence-electron chi connectivity index (χ4n) is 0.272. The lowest BCUT2D eigenvalue weighted by molar-refractivity contribution is 0.184. The van der Waals surface area contributed by atoms with E-state index in [-0.39, 0.29) is 0 Å². The molecule has 4 nitrogen and oxygen atoms in total. The zero-order valence-corrected chi connectivity index (χ0v) is 4.59. The van der Waals surface area contributed by atoms with Crippen LogP contribution in [-0.4, -0.2) is 15.5 Å². The lowest BCUT2D eigenvalue weighted by Gasteiger charge is -1.99. The number of hydrogen-bond donors (Lipinski definition) is 1. The molecule has 44 valence electrons. The van der Waals surface area contributed by atoms with Crippen LogP contribution in [0.2, 0.25) is 0 Å². The molecular formula is C3H3NO3S. The Hall–Kier alpha value is -0.840. The van der Waals surface area contributed by atoms with Gasteiger partial charge < -0.3 is 9.29 Å². The fourth-order valence-corrected chi connectivity index (χ4v) is 0.627. The molecule has 0 aromatic rings. The van der Waals surface area contributed by atoms with Crippen LogP contribution in [0.4, 0.5) is 4.79 Å². The molecule has 1 rings (SSSR count). The van der Waals surface area contributed by atoms with Crippen molar-refractivity contribution in [2.24, 2.45) is 0 Å². The first-order valence-electron chi connectivity index (χ1n) is 1.83. The summed E-state index contributed by atoms with van der Waals surface area (Å²) < 4.78 is 5.46. The molecule has 1 aliphatic heterocycles. The van der Waals surface area contributed by atoms with Gasteiger partial charge in [-0.25, -0.2) is 4.79 Å². The van der Waals surface area contributed by atoms with Crippen LogP contribution in [0.5, 0.6) is 0 Å². The van der Waals surface area contributed by atoms with Gasteiger partial charge in [-0.05, 0) is 0 Å². The summed E-state index contributed by atoms with van der Waals surface area (Å²) >= 11 is 0.773. The number of carboxylic acid groups (broad SMARTS) is 1. The van der Waals surface area contributed by atoms with Crippen LogP contribution in [0.3, 0.4) is 0 Å². The Morgan fingerprint density at radius 1 is 1.88 bits per heavy atom. The van der Waals surface area contributed by atoms with Crippen LogP contribution >= 0.6 is 12.2 Å². The van der Waals surface area contributed by atoms with E-state index in [1.807, 2.05) is 0 Å². The average Bonchev–Trinajstić information content (AvgIpc) is 2.12. The summed E-state index contributed by atoms with van der Waals surface area (Å²) in [7, 11) is 0. The molecule has 0 aromatic heterocycles. The van der Waals surface area contributed by atoms with Crippen molar-refractivity contribution in [3.8, 4) is 0 Å². The van der Waals surface area contributed by atoms with Crippen molar-refractivity contribution >= 4 is 18.3 Å². The van der Waals surface area contributed by atoms with Gasteiger partial charge in [0.25, 0.3) is 0 Å². The number of hydrogen-bond acceptors (Lipinski definition) is 3. The highest BCUT2D eigenvalue weighted by molar-refractivity contribution is 7.93. The Kier molecular flexibility index (Phi) is 1.29. The highest BCUT2D eigenvalue weighted by atomic mass is 32.2. The maximum Gasteiger partial charge on any atom is 0.424 e. The van der Waals surface area contributed by atoms with Crippen LogP contribution in [0.15, 0.2) is 12.5 Å². The zero-order valence-electron chi connectivity index (χ0n) is 3.77. The van der Waals surface area contributed by atoms with E-state index in [2.05, 4.69) is 4.18 Å². The van der Waals surface area contributed by atoms with Gasteiger partial charge in [0.05, 0.1) is 6.20 Å². The van der Waals surface area contributed by atoms with Crippen molar-refractivity contribution in [1.82, 2.24) is 4.31 Å². The van der Waals surface area contributed by atoms with Gasteiger partial charge in [0.1, 0.15) is 6.26 Å². The maximum absolute atomic E-state index is 9.98. The first kappa shape index (κ1) is 5.30. The SMILES string of the molecule is O=C(O)N1C=COS1. The average molecular weight is 133 g/mol. The van der Waals surface area contributed by atoms with Crippen molar-refractivity contribution in [2.45, 2.75) is 0 Å². The molecule has 0 unspecified atom stereocenters. The van der Waals surface area contributed by atoms with Gasteiger partial charge in [-0.3, -0.25) is 0 Å². The van der Waals surface area contributed by atoms with E-state index >= 15 is 0 Å². The summed E-state index contributed by atoms with van der Waals surface area (Å²) in [5.41, 5.74) is 0. The molecular weight excluding hydrogens is 130 g/mol. The molecule has 0 saturated carbocycles. The van der Waals surface area contributed by atoms with Crippen molar-refractivity contribution in [1.29, 1.82) is 0 Å². The van der Waals surface area contributed by atoms with Gasteiger partial charge in [0.15, 0.2) is 12.2 Å². The molecule has 1 heterocycles. The third-order valence-corrected chi connectivity index (χ3v) is 1.20. The Bertz CT molecular complexity index is 134. The van der Waals surface area contributed by atoms with Crippen molar-refractivity contribution in [3.63, 3.8) is 0 Å². The van der Waals surface area contributed by atoms with Crippen LogP contribution in [0.1, 0.15) is 0 Å². The Labute approximate surface area is 50.1 Å². The van der Waals surface area contributed by atoms with Crippen molar-refractivity contribution < 1.29 is 14.1 Å². The second-order valence-corrected chi connectivity index (χ2v) is 1.80. The highest BCUT2D eigenvalue weighted by Gasteiger charge is 2.13. The number of carbonyl (C=O) groups is 1. The smallest absolute Gasteiger partial charge is 0.424 e. The Morgan fingerprint density at radius 3 is 2.88 bits per heavy atom. The van der Waals surface area contributed by atoms with E-state index in [9.17, 15) is 4.79 Å². The molecule has 0 radical (unpaired) electrons. The predicted octanol–water partition coefficient (Wildman–Crippen LogP) is 1.03. The maximum atomic E-state index is 9.98. The molecule has 1 aliphatic rings. The summed E-state index contributed by atoms with van der Waals surface area (Å²) in [4.78, 5) is 9.98. The number of nitrogens with zero attached hydrogens (tertiary/aromatic N) is 1. The molecule has 0 saturated heterocycles. The summed E-state index contributed by atoms with van der Waals surface area (Å²) in [6, 6.07) is 0. The molecule has 0 bridgehead atoms. The Balaban J connectivity index is 2.48. The molecule has 0 spiro atoms. The summed E-state index contributed by atoms with van der Waals surface area (Å²) in [6.45, 7) is 0. The van der Waals surface area contributed by atoms with E-state index in [0.717, 1.165) is 16.5 Å². The summed E-state index contributed by atoms with van der Waals surface area (Å²) in [6.07, 6.45) is 1.61. The van der Waals surface area contributed by atoms with Gasteiger partial charge >= 0.3 is 6.09 Å². The third-order valence-electron chi connectivity index (χ3n) is 0.564. The van der Waals surface area contributed by atoms with Crippen LogP contribution in [0.25, 0.3) is 0 Å². The first-order chi connectivity index (χ1) is 3.80. The number of amides is 1. The minimum Gasteiger partial charge on any atom is -0.464 e.